The topological polar surface area (TPSA) is 12.9 Å². The molecule has 0 radical (unpaired) electrons. The van der Waals surface area contributed by atoms with Crippen molar-refractivity contribution in [3.8, 4) is 0 Å². The molecule has 1 nitrogen and oxygen atoms in total. The largest absolute Gasteiger partial charge is 0.254 e. The van der Waals surface area contributed by atoms with Gasteiger partial charge < -0.3 is 0 Å². The van der Waals surface area contributed by atoms with Crippen LogP contribution in [0.4, 0.5) is 4.39 Å². The van der Waals surface area contributed by atoms with E-state index in [1.54, 1.807) is 6.07 Å². The lowest BCUT2D eigenvalue weighted by Gasteiger charge is -2.01. The molecule has 0 spiro atoms. The Bertz CT molecular complexity index is 366. The van der Waals surface area contributed by atoms with Crippen molar-refractivity contribution in [3.63, 3.8) is 0 Å². The van der Waals surface area contributed by atoms with Gasteiger partial charge in [-0.2, -0.15) is 0 Å². The van der Waals surface area contributed by atoms with Crippen LogP contribution < -0.4 is 0 Å². The summed E-state index contributed by atoms with van der Waals surface area (Å²) in [6.07, 6.45) is 6.08. The Morgan fingerprint density at radius 1 is 1.38 bits per heavy atom. The molecule has 3 rings (SSSR count). The molecule has 2 aliphatic rings. The number of nitrogens with zero attached hydrogens (tertiary/aromatic N) is 1. The van der Waals surface area contributed by atoms with E-state index in [-0.39, 0.29) is 5.82 Å². The van der Waals surface area contributed by atoms with Crippen LogP contribution in [0.3, 0.4) is 0 Å². The molecule has 2 heteroatoms. The Labute approximate surface area is 76.3 Å². The molecule has 1 aromatic heterocycles. The fourth-order valence-electron chi connectivity index (χ4n) is 2.07. The van der Waals surface area contributed by atoms with Crippen molar-refractivity contribution in [2.75, 3.05) is 0 Å². The SMILES string of the molecule is Fc1ccc(C2=CC3CC3C2)nc1. The first kappa shape index (κ1) is 7.25. The summed E-state index contributed by atoms with van der Waals surface area (Å²) in [6.45, 7) is 0. The molecule has 66 valence electrons. The van der Waals surface area contributed by atoms with Gasteiger partial charge in [-0.3, -0.25) is 4.98 Å². The fraction of sp³-hybridized carbons (Fsp3) is 0.364. The van der Waals surface area contributed by atoms with Gasteiger partial charge in [0, 0.05) is 0 Å². The number of rotatable bonds is 1. The van der Waals surface area contributed by atoms with Crippen LogP contribution in [0.5, 0.6) is 0 Å². The first-order valence-electron chi connectivity index (χ1n) is 4.65. The van der Waals surface area contributed by atoms with Crippen molar-refractivity contribution in [2.24, 2.45) is 11.8 Å². The number of pyridine rings is 1. The third kappa shape index (κ3) is 1.17. The molecule has 2 unspecified atom stereocenters. The minimum Gasteiger partial charge on any atom is -0.254 e. The number of hydrogen-bond donors (Lipinski definition) is 0. The maximum Gasteiger partial charge on any atom is 0.141 e. The summed E-state index contributed by atoms with van der Waals surface area (Å²) in [7, 11) is 0. The van der Waals surface area contributed by atoms with E-state index in [1.165, 1.54) is 24.3 Å². The Balaban J connectivity index is 1.92. The van der Waals surface area contributed by atoms with Crippen LogP contribution in [0.2, 0.25) is 0 Å². The summed E-state index contributed by atoms with van der Waals surface area (Å²) < 4.78 is 12.6. The second-order valence-electron chi connectivity index (χ2n) is 3.92. The predicted molar refractivity (Wildman–Crippen MR) is 48.4 cm³/mol. The molecule has 2 atom stereocenters. The van der Waals surface area contributed by atoms with Crippen molar-refractivity contribution in [2.45, 2.75) is 12.8 Å². The smallest absolute Gasteiger partial charge is 0.141 e. The van der Waals surface area contributed by atoms with Gasteiger partial charge in [0.1, 0.15) is 5.82 Å². The van der Waals surface area contributed by atoms with Crippen LogP contribution in [0.25, 0.3) is 5.57 Å². The van der Waals surface area contributed by atoms with Crippen molar-refractivity contribution in [1.82, 2.24) is 4.98 Å². The van der Waals surface area contributed by atoms with Gasteiger partial charge in [0.25, 0.3) is 0 Å². The van der Waals surface area contributed by atoms with Gasteiger partial charge in [-0.1, -0.05) is 6.08 Å². The van der Waals surface area contributed by atoms with Crippen molar-refractivity contribution in [3.05, 3.63) is 35.9 Å². The summed E-state index contributed by atoms with van der Waals surface area (Å²) in [4.78, 5) is 4.07. The summed E-state index contributed by atoms with van der Waals surface area (Å²) in [5.41, 5.74) is 2.26. The lowest BCUT2D eigenvalue weighted by Crippen LogP contribution is -1.88. The zero-order valence-corrected chi connectivity index (χ0v) is 7.20. The zero-order valence-electron chi connectivity index (χ0n) is 7.20. The number of aromatic nitrogens is 1. The molecule has 0 aromatic carbocycles. The van der Waals surface area contributed by atoms with E-state index in [0.717, 1.165) is 24.0 Å². The van der Waals surface area contributed by atoms with E-state index in [1.807, 2.05) is 0 Å². The van der Waals surface area contributed by atoms with Crippen LogP contribution in [0, 0.1) is 17.7 Å². The van der Waals surface area contributed by atoms with Crippen molar-refractivity contribution >= 4 is 5.57 Å². The van der Waals surface area contributed by atoms with Gasteiger partial charge in [-0.25, -0.2) is 4.39 Å². The molecule has 0 N–H and O–H groups in total. The van der Waals surface area contributed by atoms with Crippen LogP contribution in [0.1, 0.15) is 18.5 Å². The number of fused-ring (bicyclic) bond motifs is 1. The summed E-state index contributed by atoms with van der Waals surface area (Å²) in [5, 5.41) is 0. The Morgan fingerprint density at radius 2 is 2.31 bits per heavy atom. The van der Waals surface area contributed by atoms with Gasteiger partial charge in [-0.15, -0.1) is 0 Å². The molecule has 0 aliphatic heterocycles. The molecular weight excluding hydrogens is 165 g/mol. The van der Waals surface area contributed by atoms with Crippen LogP contribution >= 0.6 is 0 Å². The Hall–Kier alpha value is -1.18. The van der Waals surface area contributed by atoms with Crippen LogP contribution in [0.15, 0.2) is 24.4 Å². The van der Waals surface area contributed by atoms with E-state index >= 15 is 0 Å². The highest BCUT2D eigenvalue weighted by Crippen LogP contribution is 2.52. The molecule has 0 bridgehead atoms. The minimum absolute atomic E-state index is 0.257. The Morgan fingerprint density at radius 3 is 2.92 bits per heavy atom. The molecule has 0 saturated heterocycles. The molecule has 1 saturated carbocycles. The van der Waals surface area contributed by atoms with Crippen LogP contribution in [-0.2, 0) is 0 Å². The molecule has 2 aliphatic carbocycles. The molecule has 0 amide bonds. The predicted octanol–water partition coefficient (Wildman–Crippen LogP) is 2.64. The standard InChI is InChI=1S/C11H10FN/c12-10-1-2-11(13-6-10)9-4-7-3-8(7)5-9/h1-2,4,6-8H,3,5H2. The molecule has 1 aromatic rings. The highest BCUT2D eigenvalue weighted by atomic mass is 19.1. The molecule has 1 fully saturated rings. The van der Waals surface area contributed by atoms with E-state index in [4.69, 9.17) is 0 Å². The van der Waals surface area contributed by atoms with Crippen molar-refractivity contribution < 1.29 is 4.39 Å². The van der Waals surface area contributed by atoms with Gasteiger partial charge in [-0.05, 0) is 42.4 Å². The quantitative estimate of drug-likeness (QED) is 0.639. The Kier molecular flexibility index (Phi) is 1.34. The third-order valence-corrected chi connectivity index (χ3v) is 2.93. The maximum absolute atomic E-state index is 12.6. The fourth-order valence-corrected chi connectivity index (χ4v) is 2.07. The van der Waals surface area contributed by atoms with E-state index in [9.17, 15) is 4.39 Å². The van der Waals surface area contributed by atoms with Crippen LogP contribution in [-0.4, -0.2) is 4.98 Å². The summed E-state index contributed by atoms with van der Waals surface area (Å²) in [6, 6.07) is 3.25. The van der Waals surface area contributed by atoms with Gasteiger partial charge >= 0.3 is 0 Å². The molecule has 13 heavy (non-hydrogen) atoms. The lowest BCUT2D eigenvalue weighted by molar-refractivity contribution is 0.621. The lowest BCUT2D eigenvalue weighted by atomic mass is 10.1. The monoisotopic (exact) mass is 175 g/mol. The number of hydrogen-bond acceptors (Lipinski definition) is 1. The molecular formula is C11H10FN. The minimum atomic E-state index is -0.257. The van der Waals surface area contributed by atoms with E-state index in [0.29, 0.717) is 0 Å². The number of halogens is 1. The normalized spacial score (nSPS) is 29.8. The summed E-state index contributed by atoms with van der Waals surface area (Å²) >= 11 is 0. The van der Waals surface area contributed by atoms with E-state index in [2.05, 4.69) is 11.1 Å². The van der Waals surface area contributed by atoms with Crippen molar-refractivity contribution in [1.29, 1.82) is 0 Å². The second kappa shape index (κ2) is 2.41. The summed E-state index contributed by atoms with van der Waals surface area (Å²) in [5.74, 6) is 1.43. The van der Waals surface area contributed by atoms with Gasteiger partial charge in [0.05, 0.1) is 11.9 Å². The second-order valence-corrected chi connectivity index (χ2v) is 3.92. The van der Waals surface area contributed by atoms with Gasteiger partial charge in [0.2, 0.25) is 0 Å². The van der Waals surface area contributed by atoms with E-state index < -0.39 is 0 Å². The van der Waals surface area contributed by atoms with Gasteiger partial charge in [0.15, 0.2) is 0 Å². The molecule has 1 heterocycles. The average Bonchev–Trinajstić information content (AvgIpc) is 2.75. The highest BCUT2D eigenvalue weighted by molar-refractivity contribution is 5.66. The first-order chi connectivity index (χ1) is 6.33. The highest BCUT2D eigenvalue weighted by Gasteiger charge is 2.40. The maximum atomic E-state index is 12.6. The first-order valence-corrected chi connectivity index (χ1v) is 4.65. The zero-order chi connectivity index (χ0) is 8.84. The third-order valence-electron chi connectivity index (χ3n) is 2.93. The average molecular weight is 175 g/mol. The number of allylic oxidation sites excluding steroid dienone is 2.